The van der Waals surface area contributed by atoms with Crippen molar-refractivity contribution in [3.63, 3.8) is 0 Å². The molecule has 0 atom stereocenters. The Morgan fingerprint density at radius 1 is 1.36 bits per heavy atom. The summed E-state index contributed by atoms with van der Waals surface area (Å²) in [7, 11) is -1.07. The van der Waals surface area contributed by atoms with Crippen LogP contribution in [-0.2, 0) is 21.8 Å². The first-order chi connectivity index (χ1) is 11.9. The van der Waals surface area contributed by atoms with Gasteiger partial charge in [-0.25, -0.2) is 4.79 Å². The van der Waals surface area contributed by atoms with E-state index in [4.69, 9.17) is 9.47 Å². The number of nitrogens with one attached hydrogen (secondary N) is 1. The summed E-state index contributed by atoms with van der Waals surface area (Å²) in [5.74, 6) is -0.0968. The fourth-order valence-electron chi connectivity index (χ4n) is 1.92. The van der Waals surface area contributed by atoms with Crippen molar-refractivity contribution in [2.75, 3.05) is 13.7 Å². The van der Waals surface area contributed by atoms with Crippen molar-refractivity contribution >= 4 is 22.2 Å². The Hall–Kier alpha value is -2.88. The van der Waals surface area contributed by atoms with Gasteiger partial charge in [-0.15, -0.1) is 0 Å². The van der Waals surface area contributed by atoms with E-state index in [1.165, 1.54) is 24.1 Å². The number of nitrogens with zero attached hydrogens (tertiary/aromatic N) is 3. The molecule has 1 heterocycles. The van der Waals surface area contributed by atoms with Crippen LogP contribution in [0.4, 0.5) is 0 Å². The van der Waals surface area contributed by atoms with E-state index in [0.29, 0.717) is 11.3 Å². The first-order valence-corrected chi connectivity index (χ1v) is 8.75. The van der Waals surface area contributed by atoms with E-state index < -0.39 is 21.0 Å². The molecule has 1 aromatic carbocycles. The number of carbonyl (C=O) groups excluding carboxylic acids is 1. The van der Waals surface area contributed by atoms with Gasteiger partial charge in [0, 0.05) is 13.2 Å². The predicted octanol–water partition coefficient (Wildman–Crippen LogP) is 0.918. The SMILES string of the molecule is CCOC(=O)c1cn(C)nc1S(=O)(=O)NN=Cc1ccc(OC)cc1. The van der Waals surface area contributed by atoms with Crippen molar-refractivity contribution < 1.29 is 22.7 Å². The topological polar surface area (TPSA) is 112 Å². The summed E-state index contributed by atoms with van der Waals surface area (Å²) in [5.41, 5.74) is 0.506. The smallest absolute Gasteiger partial charge is 0.342 e. The lowest BCUT2D eigenvalue weighted by Gasteiger charge is -2.03. The lowest BCUT2D eigenvalue weighted by atomic mass is 10.2. The molecule has 0 spiro atoms. The number of rotatable bonds is 7. The van der Waals surface area contributed by atoms with E-state index in [2.05, 4.69) is 10.2 Å². The maximum atomic E-state index is 12.3. The number of aromatic nitrogens is 2. The van der Waals surface area contributed by atoms with Crippen molar-refractivity contribution in [3.8, 4) is 5.75 Å². The molecule has 0 fully saturated rings. The van der Waals surface area contributed by atoms with Crippen molar-refractivity contribution in [3.05, 3.63) is 41.6 Å². The fraction of sp³-hybridized carbons (Fsp3) is 0.267. The monoisotopic (exact) mass is 366 g/mol. The molecule has 0 saturated carbocycles. The van der Waals surface area contributed by atoms with Crippen LogP contribution in [0.5, 0.6) is 5.75 Å². The second kappa shape index (κ2) is 7.79. The number of esters is 1. The first-order valence-electron chi connectivity index (χ1n) is 7.27. The van der Waals surface area contributed by atoms with Crippen LogP contribution in [0.15, 0.2) is 40.6 Å². The summed E-state index contributed by atoms with van der Waals surface area (Å²) >= 11 is 0. The predicted molar refractivity (Wildman–Crippen MR) is 90.1 cm³/mol. The van der Waals surface area contributed by atoms with Crippen molar-refractivity contribution in [2.45, 2.75) is 11.9 Å². The van der Waals surface area contributed by atoms with Crippen molar-refractivity contribution in [2.24, 2.45) is 12.1 Å². The molecule has 0 amide bonds. The normalized spacial score (nSPS) is 11.5. The Balaban J connectivity index is 2.18. The Morgan fingerprint density at radius 3 is 2.64 bits per heavy atom. The average molecular weight is 366 g/mol. The summed E-state index contributed by atoms with van der Waals surface area (Å²) in [6.45, 7) is 1.75. The third-order valence-electron chi connectivity index (χ3n) is 3.05. The number of benzene rings is 1. The second-order valence-corrected chi connectivity index (χ2v) is 6.44. The minimum absolute atomic E-state index is 0.121. The standard InChI is InChI=1S/C15H18N4O5S/c1-4-24-15(20)13-10-19(2)17-14(13)25(21,22)18-16-9-11-5-7-12(23-3)8-6-11/h5-10,18H,4H2,1-3H3. The number of ether oxygens (including phenoxy) is 2. The maximum Gasteiger partial charge on any atom is 0.342 e. The van der Waals surface area contributed by atoms with Gasteiger partial charge >= 0.3 is 5.97 Å². The number of hydrazone groups is 1. The third-order valence-corrected chi connectivity index (χ3v) is 4.20. The van der Waals surface area contributed by atoms with Gasteiger partial charge in [-0.05, 0) is 36.8 Å². The van der Waals surface area contributed by atoms with Gasteiger partial charge in [-0.3, -0.25) is 4.68 Å². The Labute approximate surface area is 145 Å². The quantitative estimate of drug-likeness (QED) is 0.443. The summed E-state index contributed by atoms with van der Waals surface area (Å²) in [6, 6.07) is 6.85. The lowest BCUT2D eigenvalue weighted by Crippen LogP contribution is -2.22. The highest BCUT2D eigenvalue weighted by Crippen LogP contribution is 2.14. The Kier molecular flexibility index (Phi) is 5.75. The second-order valence-electron chi connectivity index (χ2n) is 4.87. The average Bonchev–Trinajstić information content (AvgIpc) is 2.98. The number of hydrogen-bond donors (Lipinski definition) is 1. The summed E-state index contributed by atoms with van der Waals surface area (Å²) in [6.07, 6.45) is 2.60. The molecule has 25 heavy (non-hydrogen) atoms. The van der Waals surface area contributed by atoms with E-state index >= 15 is 0 Å². The molecule has 0 aliphatic rings. The molecule has 134 valence electrons. The summed E-state index contributed by atoms with van der Waals surface area (Å²) < 4.78 is 35.8. The minimum atomic E-state index is -4.12. The highest BCUT2D eigenvalue weighted by molar-refractivity contribution is 7.89. The number of carbonyl (C=O) groups is 1. The van der Waals surface area contributed by atoms with Gasteiger partial charge in [-0.2, -0.15) is 23.4 Å². The molecule has 1 aromatic heterocycles. The Morgan fingerprint density at radius 2 is 2.04 bits per heavy atom. The van der Waals surface area contributed by atoms with Gasteiger partial charge in [0.15, 0.2) is 0 Å². The van der Waals surface area contributed by atoms with Crippen LogP contribution in [0, 0.1) is 0 Å². The molecule has 1 N–H and O–H groups in total. The number of sulfonamides is 1. The highest BCUT2D eigenvalue weighted by atomic mass is 32.2. The number of hydrogen-bond acceptors (Lipinski definition) is 7. The van der Waals surface area contributed by atoms with Crippen LogP contribution in [-0.4, -0.2) is 44.1 Å². The van der Waals surface area contributed by atoms with Gasteiger partial charge in [0.05, 0.1) is 19.9 Å². The molecule has 0 saturated heterocycles. The van der Waals surface area contributed by atoms with E-state index in [-0.39, 0.29) is 12.2 Å². The van der Waals surface area contributed by atoms with E-state index in [1.807, 2.05) is 4.83 Å². The van der Waals surface area contributed by atoms with Crippen LogP contribution in [0.1, 0.15) is 22.8 Å². The van der Waals surface area contributed by atoms with Crippen molar-refractivity contribution in [1.29, 1.82) is 0 Å². The summed E-state index contributed by atoms with van der Waals surface area (Å²) in [4.78, 5) is 13.9. The van der Waals surface area contributed by atoms with E-state index in [1.54, 1.807) is 38.3 Å². The van der Waals surface area contributed by atoms with Crippen LogP contribution >= 0.6 is 0 Å². The van der Waals surface area contributed by atoms with Gasteiger partial charge in [0.1, 0.15) is 11.3 Å². The van der Waals surface area contributed by atoms with Crippen LogP contribution < -0.4 is 9.57 Å². The van der Waals surface area contributed by atoms with Gasteiger partial charge in [0.25, 0.3) is 10.0 Å². The maximum absolute atomic E-state index is 12.3. The zero-order valence-electron chi connectivity index (χ0n) is 14.0. The van der Waals surface area contributed by atoms with Crippen molar-refractivity contribution in [1.82, 2.24) is 14.6 Å². The molecule has 2 rings (SSSR count). The molecule has 10 heteroatoms. The highest BCUT2D eigenvalue weighted by Gasteiger charge is 2.27. The van der Waals surface area contributed by atoms with Gasteiger partial charge < -0.3 is 9.47 Å². The largest absolute Gasteiger partial charge is 0.497 e. The third kappa shape index (κ3) is 4.57. The lowest BCUT2D eigenvalue weighted by molar-refractivity contribution is 0.0521. The fourth-order valence-corrected chi connectivity index (χ4v) is 2.86. The molecular weight excluding hydrogens is 348 g/mol. The zero-order valence-corrected chi connectivity index (χ0v) is 14.8. The van der Waals surface area contributed by atoms with Gasteiger partial charge in [0.2, 0.25) is 5.03 Å². The molecule has 0 radical (unpaired) electrons. The van der Waals surface area contributed by atoms with Crippen LogP contribution in [0.25, 0.3) is 0 Å². The number of aryl methyl sites for hydroxylation is 1. The van der Waals surface area contributed by atoms with E-state index in [9.17, 15) is 13.2 Å². The zero-order chi connectivity index (χ0) is 18.4. The molecule has 0 aliphatic carbocycles. The van der Waals surface area contributed by atoms with E-state index in [0.717, 1.165) is 0 Å². The summed E-state index contributed by atoms with van der Waals surface area (Å²) in [5, 5.41) is 7.06. The molecule has 0 unspecified atom stereocenters. The minimum Gasteiger partial charge on any atom is -0.497 e. The molecule has 9 nitrogen and oxygen atoms in total. The molecule has 0 bridgehead atoms. The molecule has 0 aliphatic heterocycles. The molecule has 2 aromatic rings. The first kappa shape index (κ1) is 18.5. The van der Waals surface area contributed by atoms with Gasteiger partial charge in [-0.1, -0.05) is 0 Å². The van der Waals surface area contributed by atoms with Crippen LogP contribution in [0.3, 0.4) is 0 Å². The Bertz CT molecular complexity index is 872. The molecular formula is C15H18N4O5S. The van der Waals surface area contributed by atoms with Crippen LogP contribution in [0.2, 0.25) is 0 Å². The number of methoxy groups -OCH3 is 1.